The van der Waals surface area contributed by atoms with Crippen molar-refractivity contribution in [3.63, 3.8) is 0 Å². The second-order valence-electron chi connectivity index (χ2n) is 8.37. The molecule has 3 saturated heterocycles. The third-order valence-electron chi connectivity index (χ3n) is 6.07. The second-order valence-corrected chi connectivity index (χ2v) is 8.37. The molecule has 16 nitrogen and oxygen atoms in total. The summed E-state index contributed by atoms with van der Waals surface area (Å²) in [4.78, 5) is 0. The lowest BCUT2D eigenvalue weighted by Crippen LogP contribution is -2.65. The van der Waals surface area contributed by atoms with Crippen molar-refractivity contribution in [2.24, 2.45) is 0 Å². The summed E-state index contributed by atoms with van der Waals surface area (Å²) in [5.41, 5.74) is 0. The zero-order valence-corrected chi connectivity index (χ0v) is 17.7. The van der Waals surface area contributed by atoms with Gasteiger partial charge in [-0.25, -0.2) is 0 Å². The molecule has 200 valence electrons. The first-order valence-corrected chi connectivity index (χ1v) is 10.6. The normalized spacial score (nSPS) is 52.5. The van der Waals surface area contributed by atoms with E-state index < -0.39 is 112 Å². The first kappa shape index (κ1) is 27.9. The van der Waals surface area contributed by atoms with Crippen LogP contribution in [0.4, 0.5) is 0 Å². The van der Waals surface area contributed by atoms with E-state index in [4.69, 9.17) is 23.7 Å². The summed E-state index contributed by atoms with van der Waals surface area (Å²) in [6.07, 6.45) is -24.9. The van der Waals surface area contributed by atoms with Crippen molar-refractivity contribution in [3.05, 3.63) is 0 Å². The Morgan fingerprint density at radius 1 is 0.500 bits per heavy atom. The van der Waals surface area contributed by atoms with Gasteiger partial charge in [0.2, 0.25) is 0 Å². The van der Waals surface area contributed by atoms with Crippen LogP contribution in [0, 0.1) is 0 Å². The zero-order valence-electron chi connectivity index (χ0n) is 17.7. The molecule has 6 unspecified atom stereocenters. The Hall–Kier alpha value is -0.640. The molecule has 0 bridgehead atoms. The number of hydrogen-bond donors (Lipinski definition) is 11. The van der Waals surface area contributed by atoms with Gasteiger partial charge >= 0.3 is 0 Å². The van der Waals surface area contributed by atoms with Gasteiger partial charge in [0.15, 0.2) is 18.9 Å². The topological polar surface area (TPSA) is 269 Å². The van der Waals surface area contributed by atoms with Crippen molar-refractivity contribution in [2.75, 3.05) is 19.8 Å². The van der Waals surface area contributed by atoms with Crippen LogP contribution in [-0.2, 0) is 23.7 Å². The number of aliphatic hydroxyl groups is 11. The lowest BCUT2D eigenvalue weighted by Gasteiger charge is -2.45. The largest absolute Gasteiger partial charge is 0.394 e. The van der Waals surface area contributed by atoms with Crippen LogP contribution in [-0.4, -0.2) is 168 Å². The summed E-state index contributed by atoms with van der Waals surface area (Å²) in [7, 11) is 0. The van der Waals surface area contributed by atoms with Gasteiger partial charge in [0.25, 0.3) is 0 Å². The molecular weight excluding hydrogens is 472 g/mol. The van der Waals surface area contributed by atoms with Crippen LogP contribution < -0.4 is 0 Å². The fourth-order valence-corrected chi connectivity index (χ4v) is 3.95. The quantitative estimate of drug-likeness (QED) is 0.154. The van der Waals surface area contributed by atoms with Crippen LogP contribution >= 0.6 is 0 Å². The summed E-state index contributed by atoms with van der Waals surface area (Å²) in [5.74, 6) is 0. The van der Waals surface area contributed by atoms with Gasteiger partial charge in [-0.2, -0.15) is 0 Å². The van der Waals surface area contributed by atoms with Gasteiger partial charge in [-0.3, -0.25) is 0 Å². The molecule has 3 fully saturated rings. The molecule has 16 heteroatoms. The Morgan fingerprint density at radius 3 is 1.62 bits per heavy atom. The molecule has 0 aromatic carbocycles. The van der Waals surface area contributed by atoms with E-state index in [1.165, 1.54) is 0 Å². The predicted molar refractivity (Wildman–Crippen MR) is 101 cm³/mol. The van der Waals surface area contributed by atoms with E-state index in [1.807, 2.05) is 0 Å². The van der Waals surface area contributed by atoms with Crippen molar-refractivity contribution in [2.45, 2.75) is 92.1 Å². The average Bonchev–Trinajstić information content (AvgIpc) is 2.82. The van der Waals surface area contributed by atoms with Crippen LogP contribution in [0.3, 0.4) is 0 Å². The van der Waals surface area contributed by atoms with Gasteiger partial charge in [0.05, 0.1) is 19.8 Å². The highest BCUT2D eigenvalue weighted by atomic mass is 16.7. The summed E-state index contributed by atoms with van der Waals surface area (Å²) >= 11 is 0. The fraction of sp³-hybridized carbons (Fsp3) is 1.00. The van der Waals surface area contributed by atoms with E-state index in [0.29, 0.717) is 0 Å². The number of hydrogen-bond acceptors (Lipinski definition) is 16. The Bertz CT molecular complexity index is 637. The summed E-state index contributed by atoms with van der Waals surface area (Å²) in [5, 5.41) is 109. The fourth-order valence-electron chi connectivity index (χ4n) is 3.95. The van der Waals surface area contributed by atoms with Gasteiger partial charge in [-0.1, -0.05) is 0 Å². The maximum absolute atomic E-state index is 10.3. The minimum Gasteiger partial charge on any atom is -0.394 e. The van der Waals surface area contributed by atoms with Crippen LogP contribution in [0.5, 0.6) is 0 Å². The molecule has 3 aliphatic rings. The molecule has 3 heterocycles. The van der Waals surface area contributed by atoms with Gasteiger partial charge in [-0.05, 0) is 0 Å². The number of ether oxygens (including phenoxy) is 5. The van der Waals surface area contributed by atoms with E-state index in [0.717, 1.165) is 0 Å². The molecule has 3 aliphatic heterocycles. The third-order valence-corrected chi connectivity index (χ3v) is 6.07. The molecule has 0 spiro atoms. The molecule has 3 rings (SSSR count). The smallest absolute Gasteiger partial charge is 0.187 e. The molecule has 15 atom stereocenters. The van der Waals surface area contributed by atoms with Crippen molar-refractivity contribution >= 4 is 0 Å². The standard InChI is InChI=1S/C18H32O16/c19-1-4-7(21)9(23)13(27)17(32-4)30-3-6-8(22)10(24)14(28)18(33-6)34-15-5(2-20)31-16(29)12(26)11(15)25/h4-29H,1-3H2/t4?,5-,6?,7+,8+,9+,10+,11?,12?,13?,14?,15-,16+,17-,18+/m1/s1. The van der Waals surface area contributed by atoms with Crippen LogP contribution in [0.1, 0.15) is 0 Å². The Labute approximate surface area is 192 Å². The Balaban J connectivity index is 1.66. The van der Waals surface area contributed by atoms with Crippen molar-refractivity contribution < 1.29 is 79.9 Å². The molecule has 0 saturated carbocycles. The molecule has 11 N–H and O–H groups in total. The maximum Gasteiger partial charge on any atom is 0.187 e. The maximum atomic E-state index is 10.3. The summed E-state index contributed by atoms with van der Waals surface area (Å²) < 4.78 is 26.3. The van der Waals surface area contributed by atoms with Gasteiger partial charge in [-0.15, -0.1) is 0 Å². The second kappa shape index (κ2) is 11.6. The first-order chi connectivity index (χ1) is 16.0. The minimum absolute atomic E-state index is 0.609. The van der Waals surface area contributed by atoms with Crippen molar-refractivity contribution in [1.82, 2.24) is 0 Å². The lowest BCUT2D eigenvalue weighted by atomic mass is 9.97. The number of rotatable bonds is 7. The molecule has 34 heavy (non-hydrogen) atoms. The summed E-state index contributed by atoms with van der Waals surface area (Å²) in [6.45, 7) is -2.07. The molecule has 0 radical (unpaired) electrons. The Morgan fingerprint density at radius 2 is 1.03 bits per heavy atom. The molecule has 0 aliphatic carbocycles. The van der Waals surface area contributed by atoms with Gasteiger partial charge in [0.1, 0.15) is 73.2 Å². The van der Waals surface area contributed by atoms with E-state index in [1.54, 1.807) is 0 Å². The van der Waals surface area contributed by atoms with Crippen LogP contribution in [0.15, 0.2) is 0 Å². The molecule has 0 aromatic rings. The highest BCUT2D eigenvalue weighted by molar-refractivity contribution is 4.94. The average molecular weight is 504 g/mol. The van der Waals surface area contributed by atoms with E-state index >= 15 is 0 Å². The predicted octanol–water partition coefficient (Wildman–Crippen LogP) is -7.57. The molecular formula is C18H32O16. The zero-order chi connectivity index (χ0) is 25.3. The Kier molecular flexibility index (Phi) is 9.54. The van der Waals surface area contributed by atoms with E-state index in [-0.39, 0.29) is 0 Å². The van der Waals surface area contributed by atoms with Crippen molar-refractivity contribution in [3.8, 4) is 0 Å². The first-order valence-electron chi connectivity index (χ1n) is 10.6. The van der Waals surface area contributed by atoms with E-state index in [9.17, 15) is 56.2 Å². The van der Waals surface area contributed by atoms with Crippen LogP contribution in [0.25, 0.3) is 0 Å². The van der Waals surface area contributed by atoms with Crippen molar-refractivity contribution in [1.29, 1.82) is 0 Å². The highest BCUT2D eigenvalue weighted by Gasteiger charge is 2.51. The molecule has 0 amide bonds. The molecule has 0 aromatic heterocycles. The monoisotopic (exact) mass is 504 g/mol. The van der Waals surface area contributed by atoms with Crippen LogP contribution in [0.2, 0.25) is 0 Å². The summed E-state index contributed by atoms with van der Waals surface area (Å²) in [6, 6.07) is 0. The lowest BCUT2D eigenvalue weighted by molar-refractivity contribution is -0.362. The SMILES string of the molecule is OCC1O[C@@H](OCC2O[C@@H](O[C@H]3C(O)C(O)[C@@H](O)O[C@@H]3CO)C(O)[C@@H](O)[C@H]2O)C(O)[C@@H](O)[C@H]1O. The third kappa shape index (κ3) is 5.52. The number of aliphatic hydroxyl groups excluding tert-OH is 11. The minimum atomic E-state index is -1.87. The highest BCUT2D eigenvalue weighted by Crippen LogP contribution is 2.29. The van der Waals surface area contributed by atoms with Gasteiger partial charge < -0.3 is 79.9 Å². The van der Waals surface area contributed by atoms with Gasteiger partial charge in [0, 0.05) is 0 Å². The van der Waals surface area contributed by atoms with E-state index in [2.05, 4.69) is 0 Å².